The first-order valence-electron chi connectivity index (χ1n) is 9.97. The highest BCUT2D eigenvalue weighted by atomic mass is 16.5. The van der Waals surface area contributed by atoms with E-state index in [-0.39, 0.29) is 12.5 Å². The fourth-order valence-corrected chi connectivity index (χ4v) is 3.80. The van der Waals surface area contributed by atoms with E-state index in [1.165, 1.54) is 16.3 Å². The molecular weight excluding hydrogens is 364 g/mol. The Kier molecular flexibility index (Phi) is 5.96. The van der Waals surface area contributed by atoms with Crippen LogP contribution in [-0.4, -0.2) is 55.6 Å². The Morgan fingerprint density at radius 1 is 0.862 bits per heavy atom. The van der Waals surface area contributed by atoms with Crippen LogP contribution in [0.25, 0.3) is 10.8 Å². The second-order valence-corrected chi connectivity index (χ2v) is 7.23. The lowest BCUT2D eigenvalue weighted by atomic mass is 10.0. The van der Waals surface area contributed by atoms with Crippen LogP contribution in [-0.2, 0) is 11.3 Å². The molecule has 1 saturated heterocycles. The molecule has 1 heterocycles. The molecule has 1 amide bonds. The van der Waals surface area contributed by atoms with E-state index in [0.29, 0.717) is 11.5 Å². The number of rotatable bonds is 6. The molecule has 3 aromatic carbocycles. The first kappa shape index (κ1) is 19.3. The summed E-state index contributed by atoms with van der Waals surface area (Å²) < 4.78 is 11.0. The first-order chi connectivity index (χ1) is 14.2. The van der Waals surface area contributed by atoms with Crippen molar-refractivity contribution in [3.8, 4) is 11.5 Å². The average molecular weight is 390 g/mol. The van der Waals surface area contributed by atoms with Gasteiger partial charge in [-0.05, 0) is 28.5 Å². The Morgan fingerprint density at radius 2 is 1.55 bits per heavy atom. The standard InChI is InChI=1S/C24H26N2O3/c1-28-22-11-4-5-12-23(22)29-18-24(27)26-15-13-25(14-16-26)17-20-9-6-8-19-7-2-3-10-21(19)20/h2-12H,13-18H2,1H3. The van der Waals surface area contributed by atoms with Crippen molar-refractivity contribution in [2.24, 2.45) is 0 Å². The summed E-state index contributed by atoms with van der Waals surface area (Å²) in [6.07, 6.45) is 0. The van der Waals surface area contributed by atoms with Gasteiger partial charge < -0.3 is 14.4 Å². The van der Waals surface area contributed by atoms with E-state index in [1.807, 2.05) is 29.2 Å². The van der Waals surface area contributed by atoms with Gasteiger partial charge in [0.2, 0.25) is 0 Å². The van der Waals surface area contributed by atoms with Gasteiger partial charge in [-0.15, -0.1) is 0 Å². The highest BCUT2D eigenvalue weighted by Gasteiger charge is 2.22. The predicted molar refractivity (Wildman–Crippen MR) is 114 cm³/mol. The zero-order chi connectivity index (χ0) is 20.1. The maximum absolute atomic E-state index is 12.6. The molecule has 0 N–H and O–H groups in total. The van der Waals surface area contributed by atoms with Crippen molar-refractivity contribution in [2.75, 3.05) is 39.9 Å². The molecule has 150 valence electrons. The van der Waals surface area contributed by atoms with E-state index >= 15 is 0 Å². The van der Waals surface area contributed by atoms with Gasteiger partial charge in [-0.2, -0.15) is 0 Å². The zero-order valence-corrected chi connectivity index (χ0v) is 16.7. The van der Waals surface area contributed by atoms with E-state index in [1.54, 1.807) is 7.11 Å². The number of amides is 1. The van der Waals surface area contributed by atoms with Crippen LogP contribution in [0.2, 0.25) is 0 Å². The molecule has 1 aliphatic rings. The van der Waals surface area contributed by atoms with Crippen LogP contribution in [0.5, 0.6) is 11.5 Å². The largest absolute Gasteiger partial charge is 0.493 e. The molecule has 0 saturated carbocycles. The Labute approximate surface area is 171 Å². The van der Waals surface area contributed by atoms with Gasteiger partial charge in [-0.3, -0.25) is 9.69 Å². The number of carbonyl (C=O) groups is 1. The van der Waals surface area contributed by atoms with Crippen molar-refractivity contribution in [3.63, 3.8) is 0 Å². The van der Waals surface area contributed by atoms with Gasteiger partial charge in [0.25, 0.3) is 5.91 Å². The summed E-state index contributed by atoms with van der Waals surface area (Å²) >= 11 is 0. The van der Waals surface area contributed by atoms with E-state index in [9.17, 15) is 4.79 Å². The number of piperazine rings is 1. The van der Waals surface area contributed by atoms with Crippen molar-refractivity contribution in [1.29, 1.82) is 0 Å². The molecule has 0 spiro atoms. The Bertz CT molecular complexity index is 975. The lowest BCUT2D eigenvalue weighted by Crippen LogP contribution is -2.49. The normalized spacial score (nSPS) is 14.7. The summed E-state index contributed by atoms with van der Waals surface area (Å²) in [6, 6.07) is 22.3. The molecule has 3 aromatic rings. The third-order valence-electron chi connectivity index (χ3n) is 5.42. The lowest BCUT2D eigenvalue weighted by molar-refractivity contribution is -0.135. The minimum absolute atomic E-state index is 0.0146. The molecule has 4 rings (SSSR count). The first-order valence-corrected chi connectivity index (χ1v) is 9.97. The Balaban J connectivity index is 1.30. The van der Waals surface area contributed by atoms with Crippen LogP contribution in [0.15, 0.2) is 66.7 Å². The van der Waals surface area contributed by atoms with Crippen molar-refractivity contribution >= 4 is 16.7 Å². The van der Waals surface area contributed by atoms with E-state index in [0.717, 1.165) is 32.7 Å². The zero-order valence-electron chi connectivity index (χ0n) is 16.7. The summed E-state index contributed by atoms with van der Waals surface area (Å²) in [5.41, 5.74) is 1.34. The third-order valence-corrected chi connectivity index (χ3v) is 5.42. The quantitative estimate of drug-likeness (QED) is 0.645. The topological polar surface area (TPSA) is 42.0 Å². The van der Waals surface area contributed by atoms with Gasteiger partial charge in [0.1, 0.15) is 0 Å². The minimum Gasteiger partial charge on any atom is -0.493 e. The number of methoxy groups -OCH3 is 1. The average Bonchev–Trinajstić information content (AvgIpc) is 2.78. The molecule has 29 heavy (non-hydrogen) atoms. The number of fused-ring (bicyclic) bond motifs is 1. The molecule has 1 aliphatic heterocycles. The van der Waals surface area contributed by atoms with Gasteiger partial charge >= 0.3 is 0 Å². The van der Waals surface area contributed by atoms with Gasteiger partial charge in [0.05, 0.1) is 7.11 Å². The minimum atomic E-state index is 0.0146. The molecule has 0 unspecified atom stereocenters. The van der Waals surface area contributed by atoms with Gasteiger partial charge in [0, 0.05) is 32.7 Å². The second kappa shape index (κ2) is 8.97. The number of para-hydroxylation sites is 2. The van der Waals surface area contributed by atoms with E-state index in [2.05, 4.69) is 47.4 Å². The fraction of sp³-hybridized carbons (Fsp3) is 0.292. The number of benzene rings is 3. The molecule has 5 heteroatoms. The van der Waals surface area contributed by atoms with Crippen LogP contribution in [0.4, 0.5) is 0 Å². The predicted octanol–water partition coefficient (Wildman–Crippen LogP) is 3.57. The summed E-state index contributed by atoms with van der Waals surface area (Å²) in [5.74, 6) is 1.25. The highest BCUT2D eigenvalue weighted by molar-refractivity contribution is 5.85. The SMILES string of the molecule is COc1ccccc1OCC(=O)N1CCN(Cc2cccc3ccccc23)CC1. The number of hydrogen-bond acceptors (Lipinski definition) is 4. The van der Waals surface area contributed by atoms with Crippen LogP contribution in [0.1, 0.15) is 5.56 Å². The molecule has 1 fully saturated rings. The van der Waals surface area contributed by atoms with E-state index in [4.69, 9.17) is 9.47 Å². The second-order valence-electron chi connectivity index (χ2n) is 7.23. The summed E-state index contributed by atoms with van der Waals surface area (Å²) in [6.45, 7) is 4.11. The fourth-order valence-electron chi connectivity index (χ4n) is 3.80. The van der Waals surface area contributed by atoms with Gasteiger partial charge in [-0.25, -0.2) is 0 Å². The van der Waals surface area contributed by atoms with Crippen molar-refractivity contribution in [2.45, 2.75) is 6.54 Å². The van der Waals surface area contributed by atoms with E-state index < -0.39 is 0 Å². The molecule has 5 nitrogen and oxygen atoms in total. The summed E-state index contributed by atoms with van der Waals surface area (Å²) in [5, 5.41) is 2.58. The summed E-state index contributed by atoms with van der Waals surface area (Å²) in [7, 11) is 1.60. The number of nitrogens with zero attached hydrogens (tertiary/aromatic N) is 2. The Morgan fingerprint density at radius 3 is 2.34 bits per heavy atom. The maximum atomic E-state index is 12.6. The molecular formula is C24H26N2O3. The Hall–Kier alpha value is -3.05. The summed E-state index contributed by atoms with van der Waals surface area (Å²) in [4.78, 5) is 16.8. The van der Waals surface area contributed by atoms with Crippen molar-refractivity contribution in [3.05, 3.63) is 72.3 Å². The van der Waals surface area contributed by atoms with Crippen LogP contribution in [0.3, 0.4) is 0 Å². The van der Waals surface area contributed by atoms with Gasteiger partial charge in [0.15, 0.2) is 18.1 Å². The number of ether oxygens (including phenoxy) is 2. The van der Waals surface area contributed by atoms with Crippen molar-refractivity contribution < 1.29 is 14.3 Å². The van der Waals surface area contributed by atoms with Crippen LogP contribution >= 0.6 is 0 Å². The molecule has 0 atom stereocenters. The smallest absolute Gasteiger partial charge is 0.260 e. The molecule has 0 radical (unpaired) electrons. The lowest BCUT2D eigenvalue weighted by Gasteiger charge is -2.35. The third kappa shape index (κ3) is 4.51. The highest BCUT2D eigenvalue weighted by Crippen LogP contribution is 2.26. The number of hydrogen-bond donors (Lipinski definition) is 0. The molecule has 0 bridgehead atoms. The maximum Gasteiger partial charge on any atom is 0.260 e. The van der Waals surface area contributed by atoms with Crippen LogP contribution in [0, 0.1) is 0 Å². The van der Waals surface area contributed by atoms with Gasteiger partial charge in [-0.1, -0.05) is 54.6 Å². The monoisotopic (exact) mass is 390 g/mol. The number of carbonyl (C=O) groups excluding carboxylic acids is 1. The molecule has 0 aromatic heterocycles. The molecule has 0 aliphatic carbocycles. The van der Waals surface area contributed by atoms with Crippen molar-refractivity contribution in [1.82, 2.24) is 9.80 Å². The van der Waals surface area contributed by atoms with Crippen LogP contribution < -0.4 is 9.47 Å².